The monoisotopic (exact) mass is 229 g/mol. The number of rotatable bonds is 3. The fourth-order valence-electron chi connectivity index (χ4n) is 0.988. The van der Waals surface area contributed by atoms with E-state index in [2.05, 4.69) is 15.9 Å². The van der Waals surface area contributed by atoms with Gasteiger partial charge in [0.25, 0.3) is 0 Å². The van der Waals surface area contributed by atoms with E-state index in [1.807, 2.05) is 24.3 Å². The first-order chi connectivity index (χ1) is 5.72. The van der Waals surface area contributed by atoms with Crippen LogP contribution in [-0.4, -0.2) is 17.8 Å². The Labute approximate surface area is 80.5 Å². The Bertz CT molecular complexity index is 235. The largest absolute Gasteiger partial charge is 0.395 e. The first-order valence-electron chi connectivity index (χ1n) is 3.83. The fraction of sp³-hybridized carbons (Fsp3) is 0.333. The van der Waals surface area contributed by atoms with Gasteiger partial charge in [0.05, 0.1) is 6.61 Å². The number of halogens is 1. The Hall–Kier alpha value is -0.380. The lowest BCUT2D eigenvalue weighted by Gasteiger charge is -2.07. The molecule has 0 fully saturated rings. The number of benzene rings is 1. The molecule has 66 valence electrons. The van der Waals surface area contributed by atoms with Crippen molar-refractivity contribution in [1.82, 2.24) is 0 Å². The Morgan fingerprint density at radius 3 is 2.42 bits per heavy atom. The predicted octanol–water partition coefficient (Wildman–Crippen LogP) is 1.31. The maximum Gasteiger partial charge on any atom is 0.0585 e. The Balaban J connectivity index is 2.58. The Morgan fingerprint density at radius 1 is 1.33 bits per heavy atom. The second-order valence-corrected chi connectivity index (χ2v) is 3.69. The molecule has 1 aromatic carbocycles. The standard InChI is InChI=1S/C9H12BrNO/c10-8-3-1-7(2-4-8)5-9(11)6-12/h1-4,9,12H,5-6,11H2. The summed E-state index contributed by atoms with van der Waals surface area (Å²) in [6.07, 6.45) is 0.726. The van der Waals surface area contributed by atoms with Crippen molar-refractivity contribution in [2.75, 3.05) is 6.61 Å². The highest BCUT2D eigenvalue weighted by Gasteiger charge is 2.01. The van der Waals surface area contributed by atoms with Crippen molar-refractivity contribution in [2.24, 2.45) is 5.73 Å². The van der Waals surface area contributed by atoms with Crippen LogP contribution in [0.25, 0.3) is 0 Å². The van der Waals surface area contributed by atoms with Gasteiger partial charge in [0.2, 0.25) is 0 Å². The zero-order valence-corrected chi connectivity index (χ0v) is 8.29. The normalized spacial score (nSPS) is 12.9. The molecule has 3 N–H and O–H groups in total. The molecule has 1 atom stereocenters. The number of hydrogen-bond donors (Lipinski definition) is 2. The third kappa shape index (κ3) is 2.93. The van der Waals surface area contributed by atoms with E-state index >= 15 is 0 Å². The number of aliphatic hydroxyl groups is 1. The van der Waals surface area contributed by atoms with Crippen LogP contribution in [0.5, 0.6) is 0 Å². The molecular formula is C9H12BrNO. The molecule has 0 saturated heterocycles. The van der Waals surface area contributed by atoms with Crippen LogP contribution in [0.2, 0.25) is 0 Å². The van der Waals surface area contributed by atoms with Crippen LogP contribution in [0.3, 0.4) is 0 Å². The molecule has 2 nitrogen and oxygen atoms in total. The topological polar surface area (TPSA) is 46.2 Å². The van der Waals surface area contributed by atoms with Crippen LogP contribution in [0.4, 0.5) is 0 Å². The number of aliphatic hydroxyl groups excluding tert-OH is 1. The second kappa shape index (κ2) is 4.60. The zero-order chi connectivity index (χ0) is 8.97. The lowest BCUT2D eigenvalue weighted by molar-refractivity contribution is 0.265. The molecule has 0 amide bonds. The Kier molecular flexibility index (Phi) is 3.72. The zero-order valence-electron chi connectivity index (χ0n) is 6.70. The van der Waals surface area contributed by atoms with E-state index in [0.29, 0.717) is 0 Å². The van der Waals surface area contributed by atoms with Crippen molar-refractivity contribution in [3.63, 3.8) is 0 Å². The van der Waals surface area contributed by atoms with Crippen LogP contribution < -0.4 is 5.73 Å². The maximum atomic E-state index is 8.72. The molecule has 0 aliphatic carbocycles. The van der Waals surface area contributed by atoms with E-state index < -0.39 is 0 Å². The molecule has 0 aliphatic heterocycles. The number of hydrogen-bond acceptors (Lipinski definition) is 2. The highest BCUT2D eigenvalue weighted by molar-refractivity contribution is 9.10. The van der Waals surface area contributed by atoms with Gasteiger partial charge in [-0.05, 0) is 24.1 Å². The quantitative estimate of drug-likeness (QED) is 0.822. The molecule has 1 rings (SSSR count). The molecular weight excluding hydrogens is 218 g/mol. The summed E-state index contributed by atoms with van der Waals surface area (Å²) in [5.41, 5.74) is 6.73. The van der Waals surface area contributed by atoms with Gasteiger partial charge < -0.3 is 10.8 Å². The molecule has 0 aromatic heterocycles. The first kappa shape index (κ1) is 9.71. The summed E-state index contributed by atoms with van der Waals surface area (Å²) in [5, 5.41) is 8.72. The first-order valence-corrected chi connectivity index (χ1v) is 4.62. The van der Waals surface area contributed by atoms with Gasteiger partial charge in [0.15, 0.2) is 0 Å². The van der Waals surface area contributed by atoms with Crippen molar-refractivity contribution in [2.45, 2.75) is 12.5 Å². The Morgan fingerprint density at radius 2 is 1.92 bits per heavy atom. The van der Waals surface area contributed by atoms with Gasteiger partial charge >= 0.3 is 0 Å². The summed E-state index contributed by atoms with van der Waals surface area (Å²) >= 11 is 3.35. The molecule has 0 saturated carbocycles. The lowest BCUT2D eigenvalue weighted by Crippen LogP contribution is -2.26. The summed E-state index contributed by atoms with van der Waals surface area (Å²) in [4.78, 5) is 0. The second-order valence-electron chi connectivity index (χ2n) is 2.77. The molecule has 1 aromatic rings. The fourth-order valence-corrected chi connectivity index (χ4v) is 1.25. The number of nitrogens with two attached hydrogens (primary N) is 1. The van der Waals surface area contributed by atoms with E-state index in [1.54, 1.807) is 0 Å². The minimum atomic E-state index is -0.147. The van der Waals surface area contributed by atoms with E-state index in [-0.39, 0.29) is 12.6 Å². The van der Waals surface area contributed by atoms with Gasteiger partial charge in [-0.1, -0.05) is 28.1 Å². The molecule has 0 bridgehead atoms. The van der Waals surface area contributed by atoms with Crippen LogP contribution in [0.15, 0.2) is 28.7 Å². The highest BCUT2D eigenvalue weighted by atomic mass is 79.9. The van der Waals surface area contributed by atoms with Gasteiger partial charge in [-0.15, -0.1) is 0 Å². The molecule has 0 aliphatic rings. The molecule has 3 heteroatoms. The van der Waals surface area contributed by atoms with Crippen molar-refractivity contribution in [1.29, 1.82) is 0 Å². The van der Waals surface area contributed by atoms with Crippen molar-refractivity contribution in [3.8, 4) is 0 Å². The van der Waals surface area contributed by atoms with E-state index in [9.17, 15) is 0 Å². The SMILES string of the molecule is NC(CO)Cc1ccc(Br)cc1. The lowest BCUT2D eigenvalue weighted by atomic mass is 10.1. The summed E-state index contributed by atoms with van der Waals surface area (Å²) < 4.78 is 1.06. The molecule has 0 heterocycles. The minimum absolute atomic E-state index is 0.0378. The van der Waals surface area contributed by atoms with E-state index in [4.69, 9.17) is 10.8 Å². The predicted molar refractivity (Wildman–Crippen MR) is 52.9 cm³/mol. The molecule has 12 heavy (non-hydrogen) atoms. The van der Waals surface area contributed by atoms with Crippen molar-refractivity contribution in [3.05, 3.63) is 34.3 Å². The van der Waals surface area contributed by atoms with Gasteiger partial charge in [0, 0.05) is 10.5 Å². The minimum Gasteiger partial charge on any atom is -0.395 e. The van der Waals surface area contributed by atoms with Gasteiger partial charge in [0.1, 0.15) is 0 Å². The average molecular weight is 230 g/mol. The van der Waals surface area contributed by atoms with Gasteiger partial charge in [-0.2, -0.15) is 0 Å². The van der Waals surface area contributed by atoms with Crippen LogP contribution in [-0.2, 0) is 6.42 Å². The summed E-state index contributed by atoms with van der Waals surface area (Å²) in [5.74, 6) is 0. The maximum absolute atomic E-state index is 8.72. The van der Waals surface area contributed by atoms with Gasteiger partial charge in [-0.25, -0.2) is 0 Å². The van der Waals surface area contributed by atoms with E-state index in [0.717, 1.165) is 16.5 Å². The molecule has 0 radical (unpaired) electrons. The van der Waals surface area contributed by atoms with Crippen molar-refractivity contribution < 1.29 is 5.11 Å². The smallest absolute Gasteiger partial charge is 0.0585 e. The van der Waals surface area contributed by atoms with Crippen LogP contribution in [0, 0.1) is 0 Å². The van der Waals surface area contributed by atoms with E-state index in [1.165, 1.54) is 0 Å². The van der Waals surface area contributed by atoms with Crippen LogP contribution in [0.1, 0.15) is 5.56 Å². The van der Waals surface area contributed by atoms with Crippen LogP contribution >= 0.6 is 15.9 Å². The average Bonchev–Trinajstić information content (AvgIpc) is 2.09. The third-order valence-corrected chi connectivity index (χ3v) is 2.17. The summed E-state index contributed by atoms with van der Waals surface area (Å²) in [7, 11) is 0. The third-order valence-electron chi connectivity index (χ3n) is 1.65. The molecule has 1 unspecified atom stereocenters. The summed E-state index contributed by atoms with van der Waals surface area (Å²) in [6.45, 7) is 0.0378. The van der Waals surface area contributed by atoms with Crippen molar-refractivity contribution >= 4 is 15.9 Å². The van der Waals surface area contributed by atoms with Gasteiger partial charge in [-0.3, -0.25) is 0 Å². The summed E-state index contributed by atoms with van der Waals surface area (Å²) in [6, 6.07) is 7.80. The highest BCUT2D eigenvalue weighted by Crippen LogP contribution is 2.11. The molecule has 0 spiro atoms.